The first kappa shape index (κ1) is 27.9. The van der Waals surface area contributed by atoms with Gasteiger partial charge in [-0.3, -0.25) is 19.5 Å². The van der Waals surface area contributed by atoms with E-state index in [0.717, 1.165) is 28.8 Å². The lowest BCUT2D eigenvalue weighted by atomic mass is 10.0. The highest BCUT2D eigenvalue weighted by Crippen LogP contribution is 2.33. The van der Waals surface area contributed by atoms with Gasteiger partial charge < -0.3 is 10.1 Å². The second-order valence-electron chi connectivity index (χ2n) is 9.92. The Kier molecular flexibility index (Phi) is 7.79. The number of ether oxygens (including phenoxy) is 1. The summed E-state index contributed by atoms with van der Waals surface area (Å²) in [6, 6.07) is 17.4. The van der Waals surface area contributed by atoms with Crippen LogP contribution >= 0.6 is 0 Å². The van der Waals surface area contributed by atoms with E-state index in [1.807, 2.05) is 19.1 Å². The predicted octanol–water partition coefficient (Wildman–Crippen LogP) is 7.31. The number of methoxy groups -OCH3 is 1. The van der Waals surface area contributed by atoms with E-state index >= 15 is 0 Å². The molecule has 0 fully saturated rings. The monoisotopic (exact) mass is 559 g/mol. The molecule has 210 valence electrons. The Balaban J connectivity index is 1.31. The normalized spacial score (nSPS) is 14.1. The summed E-state index contributed by atoms with van der Waals surface area (Å²) >= 11 is 0. The maximum atomic E-state index is 13.1. The van der Waals surface area contributed by atoms with Crippen LogP contribution < -0.4 is 10.1 Å². The van der Waals surface area contributed by atoms with Crippen molar-refractivity contribution < 1.29 is 27.5 Å². The van der Waals surface area contributed by atoms with Crippen LogP contribution in [0.25, 0.3) is 23.1 Å². The molecule has 1 atom stereocenters. The van der Waals surface area contributed by atoms with Crippen LogP contribution in [-0.4, -0.2) is 41.4 Å². The van der Waals surface area contributed by atoms with E-state index in [-0.39, 0.29) is 17.9 Å². The molecule has 1 aromatic heterocycles. The lowest BCUT2D eigenvalue weighted by Crippen LogP contribution is -2.31. The van der Waals surface area contributed by atoms with Gasteiger partial charge in [-0.1, -0.05) is 36.4 Å². The van der Waals surface area contributed by atoms with Crippen LogP contribution in [0, 0.1) is 0 Å². The van der Waals surface area contributed by atoms with Gasteiger partial charge in [-0.2, -0.15) is 13.2 Å². The van der Waals surface area contributed by atoms with Gasteiger partial charge in [0.05, 0.1) is 35.0 Å². The Hall–Kier alpha value is -4.66. The molecule has 2 heterocycles. The molecule has 3 aromatic carbocycles. The summed E-state index contributed by atoms with van der Waals surface area (Å²) in [6.45, 7) is 2.32. The summed E-state index contributed by atoms with van der Waals surface area (Å²) in [4.78, 5) is 31.1. The second kappa shape index (κ2) is 11.4. The van der Waals surface area contributed by atoms with Crippen LogP contribution in [0.2, 0.25) is 0 Å². The van der Waals surface area contributed by atoms with Gasteiger partial charge in [-0.15, -0.1) is 0 Å². The highest BCUT2D eigenvalue weighted by molar-refractivity contribution is 6.21. The van der Waals surface area contributed by atoms with E-state index in [1.165, 1.54) is 11.0 Å². The first-order valence-electron chi connectivity index (χ1n) is 13.2. The molecule has 2 amide bonds. The van der Waals surface area contributed by atoms with E-state index < -0.39 is 11.7 Å². The number of rotatable bonds is 9. The van der Waals surface area contributed by atoms with Crippen molar-refractivity contribution in [3.63, 3.8) is 0 Å². The summed E-state index contributed by atoms with van der Waals surface area (Å²) in [7, 11) is 1.56. The summed E-state index contributed by atoms with van der Waals surface area (Å²) < 4.78 is 44.9. The number of nitrogens with one attached hydrogen (secondary N) is 1. The fourth-order valence-corrected chi connectivity index (χ4v) is 4.96. The molecule has 5 rings (SSSR count). The number of amides is 2. The minimum Gasteiger partial charge on any atom is -0.497 e. The van der Waals surface area contributed by atoms with Crippen molar-refractivity contribution in [3.05, 3.63) is 101 Å². The van der Waals surface area contributed by atoms with Crippen LogP contribution in [0.15, 0.2) is 72.9 Å². The molecule has 0 bridgehead atoms. The fraction of sp³-hybridized carbons (Fsp3) is 0.219. The smallest absolute Gasteiger partial charge is 0.416 e. The van der Waals surface area contributed by atoms with Crippen molar-refractivity contribution >= 4 is 40.6 Å². The Morgan fingerprint density at radius 3 is 2.39 bits per heavy atom. The first-order chi connectivity index (χ1) is 19.7. The molecule has 1 unspecified atom stereocenters. The second-order valence-corrected chi connectivity index (χ2v) is 9.92. The van der Waals surface area contributed by atoms with Crippen LogP contribution in [0.1, 0.15) is 57.2 Å². The van der Waals surface area contributed by atoms with E-state index in [9.17, 15) is 22.8 Å². The molecular formula is C32H28F3N3O3. The predicted molar refractivity (Wildman–Crippen MR) is 153 cm³/mol. The van der Waals surface area contributed by atoms with Gasteiger partial charge in [0.25, 0.3) is 11.8 Å². The molecule has 41 heavy (non-hydrogen) atoms. The Labute approximate surface area is 235 Å². The number of hydrogen-bond donors (Lipinski definition) is 1. The molecule has 0 radical (unpaired) electrons. The zero-order valence-electron chi connectivity index (χ0n) is 22.5. The van der Waals surface area contributed by atoms with E-state index in [4.69, 9.17) is 4.74 Å². The van der Waals surface area contributed by atoms with Crippen molar-refractivity contribution in [1.82, 2.24) is 9.88 Å². The number of hydrogen-bond acceptors (Lipinski definition) is 5. The number of carbonyl (C=O) groups is 2. The van der Waals surface area contributed by atoms with Gasteiger partial charge in [-0.25, -0.2) is 0 Å². The third-order valence-electron chi connectivity index (χ3n) is 7.06. The Morgan fingerprint density at radius 2 is 1.71 bits per heavy atom. The third-order valence-corrected chi connectivity index (χ3v) is 7.06. The number of nitrogens with zero attached hydrogens (tertiary/aromatic N) is 2. The highest BCUT2D eigenvalue weighted by atomic mass is 19.4. The van der Waals surface area contributed by atoms with Crippen molar-refractivity contribution in [2.75, 3.05) is 19.0 Å². The number of pyridine rings is 1. The number of halogens is 3. The van der Waals surface area contributed by atoms with Crippen molar-refractivity contribution in [1.29, 1.82) is 0 Å². The van der Waals surface area contributed by atoms with Crippen LogP contribution in [0.5, 0.6) is 5.75 Å². The summed E-state index contributed by atoms with van der Waals surface area (Å²) in [5, 5.41) is 4.24. The maximum absolute atomic E-state index is 13.1. The Morgan fingerprint density at radius 1 is 0.976 bits per heavy atom. The highest BCUT2D eigenvalue weighted by Gasteiger charge is 2.34. The molecule has 0 saturated heterocycles. The summed E-state index contributed by atoms with van der Waals surface area (Å²) in [5.74, 6) is 0.0692. The van der Waals surface area contributed by atoms with Crippen molar-refractivity contribution in [3.8, 4) is 5.75 Å². The Bertz CT molecular complexity index is 1610. The fourth-order valence-electron chi connectivity index (χ4n) is 4.96. The summed E-state index contributed by atoms with van der Waals surface area (Å²) in [5.41, 5.74) is 2.80. The SMILES string of the molecule is COc1cc(NC(C)CCCN2C(=O)c3ccccc3C2=O)c2nccc(C=Cc3cccc(C(F)(F)F)c3)c2c1. The van der Waals surface area contributed by atoms with E-state index in [1.54, 1.807) is 61.9 Å². The minimum absolute atomic E-state index is 0.0217. The number of aromatic nitrogens is 1. The van der Waals surface area contributed by atoms with Crippen molar-refractivity contribution in [2.24, 2.45) is 0 Å². The van der Waals surface area contributed by atoms with Gasteiger partial charge in [0.2, 0.25) is 0 Å². The topological polar surface area (TPSA) is 71.5 Å². The molecule has 1 aliphatic heterocycles. The van der Waals surface area contributed by atoms with Gasteiger partial charge in [0, 0.05) is 30.2 Å². The third kappa shape index (κ3) is 5.94. The molecule has 0 spiro atoms. The standard InChI is InChI=1S/C32H28F3N3O3/c1-20(7-6-16-38-30(39)25-10-3-4-11-26(25)31(38)40)37-28-19-24(41-2)18-27-22(14-15-36-29(27)28)13-12-21-8-5-9-23(17-21)32(33,34)35/h3-5,8-15,17-20,37H,6-7,16H2,1-2H3. The van der Waals surface area contributed by atoms with Crippen molar-refractivity contribution in [2.45, 2.75) is 32.0 Å². The average molecular weight is 560 g/mol. The lowest BCUT2D eigenvalue weighted by molar-refractivity contribution is -0.137. The zero-order valence-corrected chi connectivity index (χ0v) is 22.5. The number of anilines is 1. The van der Waals surface area contributed by atoms with Gasteiger partial charge >= 0.3 is 6.18 Å². The number of fused-ring (bicyclic) bond motifs is 2. The molecule has 0 aliphatic carbocycles. The number of benzene rings is 3. The van der Waals surface area contributed by atoms with Crippen LogP contribution in [-0.2, 0) is 6.18 Å². The molecular weight excluding hydrogens is 531 g/mol. The first-order valence-corrected chi connectivity index (χ1v) is 13.2. The average Bonchev–Trinajstić information content (AvgIpc) is 3.20. The summed E-state index contributed by atoms with van der Waals surface area (Å²) in [6.07, 6.45) is 1.93. The van der Waals surface area contributed by atoms with Crippen LogP contribution in [0.4, 0.5) is 18.9 Å². The molecule has 9 heteroatoms. The molecule has 4 aromatic rings. The zero-order chi connectivity index (χ0) is 29.1. The minimum atomic E-state index is -4.41. The molecule has 1 aliphatic rings. The number of alkyl halides is 3. The maximum Gasteiger partial charge on any atom is 0.416 e. The molecule has 6 nitrogen and oxygen atoms in total. The largest absolute Gasteiger partial charge is 0.497 e. The quantitative estimate of drug-likeness (QED) is 0.218. The van der Waals surface area contributed by atoms with Crippen LogP contribution in [0.3, 0.4) is 0 Å². The van der Waals surface area contributed by atoms with E-state index in [2.05, 4.69) is 10.3 Å². The van der Waals surface area contributed by atoms with E-state index in [0.29, 0.717) is 47.3 Å². The lowest BCUT2D eigenvalue weighted by Gasteiger charge is -2.19. The van der Waals surface area contributed by atoms with Gasteiger partial charge in [0.15, 0.2) is 0 Å². The number of imide groups is 1. The van der Waals surface area contributed by atoms with Gasteiger partial charge in [0.1, 0.15) is 5.75 Å². The molecule has 0 saturated carbocycles. The van der Waals surface area contributed by atoms with Gasteiger partial charge in [-0.05, 0) is 67.3 Å². The molecule has 1 N–H and O–H groups in total. The number of carbonyl (C=O) groups excluding carboxylic acids is 2.